The number of carbonyl (C=O) groups is 1. The van der Waals surface area contributed by atoms with Crippen molar-refractivity contribution in [2.24, 2.45) is 7.05 Å². The molecule has 0 spiro atoms. The predicted molar refractivity (Wildman–Crippen MR) is 113 cm³/mol. The molecule has 1 aromatic heterocycles. The lowest BCUT2D eigenvalue weighted by Gasteiger charge is -2.36. The molecule has 5 rings (SSSR count). The minimum absolute atomic E-state index is 0.103. The third kappa shape index (κ3) is 3.04. The molecule has 2 bridgehead atoms. The first kappa shape index (κ1) is 18.4. The van der Waals surface area contributed by atoms with Gasteiger partial charge in [-0.25, -0.2) is 4.39 Å². The molecular formula is C24H26FN3O. The maximum atomic E-state index is 14.1. The molecule has 2 aliphatic heterocycles. The van der Waals surface area contributed by atoms with Gasteiger partial charge in [-0.1, -0.05) is 30.3 Å². The number of halogens is 1. The number of amides is 1. The van der Waals surface area contributed by atoms with Crippen LogP contribution in [-0.2, 0) is 7.05 Å². The number of carbonyl (C=O) groups excluding carboxylic acids is 1. The van der Waals surface area contributed by atoms with E-state index in [1.165, 1.54) is 25.0 Å². The lowest BCUT2D eigenvalue weighted by molar-refractivity contribution is 0.0884. The number of hydrogen-bond acceptors (Lipinski definition) is 2. The highest BCUT2D eigenvalue weighted by atomic mass is 19.1. The van der Waals surface area contributed by atoms with Crippen molar-refractivity contribution < 1.29 is 9.18 Å². The molecule has 2 saturated heterocycles. The molecule has 5 heteroatoms. The van der Waals surface area contributed by atoms with Crippen molar-refractivity contribution in [3.8, 4) is 11.3 Å². The molecule has 2 atom stereocenters. The largest absolute Gasteiger partial charge is 0.349 e. The third-order valence-corrected chi connectivity index (χ3v) is 6.87. The van der Waals surface area contributed by atoms with E-state index in [1.807, 2.05) is 41.9 Å². The fourth-order valence-electron chi connectivity index (χ4n) is 5.37. The first-order valence-electron chi connectivity index (χ1n) is 10.4. The second kappa shape index (κ2) is 6.99. The van der Waals surface area contributed by atoms with Crippen molar-refractivity contribution in [2.75, 3.05) is 7.05 Å². The fraction of sp³-hybridized carbons (Fsp3) is 0.375. The maximum Gasteiger partial charge on any atom is 0.254 e. The lowest BCUT2D eigenvalue weighted by atomic mass is 9.97. The molecule has 2 fully saturated rings. The van der Waals surface area contributed by atoms with Gasteiger partial charge in [-0.2, -0.15) is 0 Å². The number of fused-ring (bicyclic) bond motifs is 3. The van der Waals surface area contributed by atoms with Gasteiger partial charge >= 0.3 is 0 Å². The second-order valence-electron chi connectivity index (χ2n) is 8.50. The number of hydrogen-bond donors (Lipinski definition) is 1. The Morgan fingerprint density at radius 1 is 1.03 bits per heavy atom. The summed E-state index contributed by atoms with van der Waals surface area (Å²) in [5, 5.41) is 3.96. The molecule has 2 unspecified atom stereocenters. The van der Waals surface area contributed by atoms with Gasteiger partial charge in [0.15, 0.2) is 0 Å². The number of nitrogens with zero attached hydrogens (tertiary/aromatic N) is 2. The number of aromatic nitrogens is 1. The number of piperidine rings is 1. The van der Waals surface area contributed by atoms with E-state index in [4.69, 9.17) is 0 Å². The molecule has 4 nitrogen and oxygen atoms in total. The van der Waals surface area contributed by atoms with Crippen LogP contribution < -0.4 is 5.32 Å². The van der Waals surface area contributed by atoms with Gasteiger partial charge in [-0.3, -0.25) is 4.79 Å². The molecule has 0 saturated carbocycles. The number of rotatable bonds is 3. The minimum Gasteiger partial charge on any atom is -0.349 e. The molecule has 1 amide bonds. The van der Waals surface area contributed by atoms with Crippen LogP contribution in [-0.4, -0.2) is 40.5 Å². The average molecular weight is 391 g/mol. The number of nitrogens with one attached hydrogen (secondary N) is 1. The van der Waals surface area contributed by atoms with Gasteiger partial charge in [-0.15, -0.1) is 0 Å². The zero-order valence-corrected chi connectivity index (χ0v) is 16.9. The van der Waals surface area contributed by atoms with E-state index in [0.29, 0.717) is 23.0 Å². The van der Waals surface area contributed by atoms with Crippen LogP contribution in [0.4, 0.5) is 4.39 Å². The van der Waals surface area contributed by atoms with Gasteiger partial charge in [0.1, 0.15) is 5.82 Å². The standard InChI is InChI=1S/C24H26FN3O/c1-27-18-9-10-19(27)14-17(13-18)26-24(29)22-20-12-16(25)8-11-21(20)28(2)23(22)15-6-4-3-5-7-15/h3-8,11-12,17-19H,9-10,13-14H2,1-2H3,(H,26,29). The van der Waals surface area contributed by atoms with E-state index in [-0.39, 0.29) is 17.8 Å². The van der Waals surface area contributed by atoms with Gasteiger partial charge in [-0.05, 0) is 56.5 Å². The fourth-order valence-corrected chi connectivity index (χ4v) is 5.37. The van der Waals surface area contributed by atoms with Crippen LogP contribution in [0, 0.1) is 5.82 Å². The van der Waals surface area contributed by atoms with E-state index in [2.05, 4.69) is 17.3 Å². The van der Waals surface area contributed by atoms with Crippen LogP contribution in [0.5, 0.6) is 0 Å². The highest BCUT2D eigenvalue weighted by Gasteiger charge is 2.39. The van der Waals surface area contributed by atoms with Gasteiger partial charge in [0.2, 0.25) is 0 Å². The Hall–Kier alpha value is -2.66. The van der Waals surface area contributed by atoms with E-state index in [0.717, 1.165) is 29.6 Å². The molecule has 0 aliphatic carbocycles. The van der Waals surface area contributed by atoms with Crippen molar-refractivity contribution >= 4 is 16.8 Å². The summed E-state index contributed by atoms with van der Waals surface area (Å²) in [5.74, 6) is -0.428. The van der Waals surface area contributed by atoms with E-state index in [1.54, 1.807) is 6.07 Å². The highest BCUT2D eigenvalue weighted by molar-refractivity contribution is 6.12. The molecule has 2 aliphatic rings. The topological polar surface area (TPSA) is 37.3 Å². The summed E-state index contributed by atoms with van der Waals surface area (Å²) in [4.78, 5) is 16.0. The Kier molecular flexibility index (Phi) is 4.43. The van der Waals surface area contributed by atoms with Crippen molar-refractivity contribution in [3.63, 3.8) is 0 Å². The lowest BCUT2D eigenvalue weighted by Crippen LogP contribution is -2.48. The van der Waals surface area contributed by atoms with Crippen molar-refractivity contribution in [1.82, 2.24) is 14.8 Å². The summed E-state index contributed by atoms with van der Waals surface area (Å²) in [6.07, 6.45) is 4.39. The first-order chi connectivity index (χ1) is 14.0. The van der Waals surface area contributed by atoms with Gasteiger partial charge < -0.3 is 14.8 Å². The van der Waals surface area contributed by atoms with E-state index >= 15 is 0 Å². The summed E-state index contributed by atoms with van der Waals surface area (Å²) < 4.78 is 16.1. The number of benzene rings is 2. The van der Waals surface area contributed by atoms with Gasteiger partial charge in [0, 0.05) is 36.1 Å². The van der Waals surface area contributed by atoms with Crippen LogP contribution >= 0.6 is 0 Å². The molecule has 29 heavy (non-hydrogen) atoms. The predicted octanol–water partition coefficient (Wildman–Crippen LogP) is 4.34. The van der Waals surface area contributed by atoms with E-state index < -0.39 is 0 Å². The minimum atomic E-state index is -0.325. The summed E-state index contributed by atoms with van der Waals surface area (Å²) in [7, 11) is 4.14. The highest BCUT2D eigenvalue weighted by Crippen LogP contribution is 2.36. The van der Waals surface area contributed by atoms with Crippen molar-refractivity contribution in [3.05, 3.63) is 59.9 Å². The molecule has 3 heterocycles. The smallest absolute Gasteiger partial charge is 0.254 e. The molecule has 0 radical (unpaired) electrons. The maximum absolute atomic E-state index is 14.1. The molecule has 3 aromatic rings. The normalized spacial score (nSPS) is 24.2. The average Bonchev–Trinajstić information content (AvgIpc) is 3.09. The van der Waals surface area contributed by atoms with E-state index in [9.17, 15) is 9.18 Å². The number of aryl methyl sites for hydroxylation is 1. The molecule has 150 valence electrons. The Balaban J connectivity index is 1.56. The Morgan fingerprint density at radius 2 is 1.72 bits per heavy atom. The summed E-state index contributed by atoms with van der Waals surface area (Å²) in [6.45, 7) is 0. The SMILES string of the molecule is CN1C2CCC1CC(NC(=O)c1c(-c3ccccc3)n(C)c3ccc(F)cc13)C2. The summed E-state index contributed by atoms with van der Waals surface area (Å²) in [5.41, 5.74) is 3.22. The monoisotopic (exact) mass is 391 g/mol. The Bertz CT molecular complexity index is 1060. The summed E-state index contributed by atoms with van der Waals surface area (Å²) >= 11 is 0. The van der Waals surface area contributed by atoms with Crippen LogP contribution in [0.1, 0.15) is 36.0 Å². The molecule has 1 N–H and O–H groups in total. The summed E-state index contributed by atoms with van der Waals surface area (Å²) in [6, 6.07) is 15.8. The Labute approximate surface area is 170 Å². The zero-order chi connectivity index (χ0) is 20.1. The van der Waals surface area contributed by atoms with Crippen LogP contribution in [0.25, 0.3) is 22.2 Å². The van der Waals surface area contributed by atoms with Crippen molar-refractivity contribution in [1.29, 1.82) is 0 Å². The van der Waals surface area contributed by atoms with Crippen LogP contribution in [0.3, 0.4) is 0 Å². The van der Waals surface area contributed by atoms with Crippen molar-refractivity contribution in [2.45, 2.75) is 43.8 Å². The first-order valence-corrected chi connectivity index (χ1v) is 10.4. The zero-order valence-electron chi connectivity index (χ0n) is 16.9. The second-order valence-corrected chi connectivity index (χ2v) is 8.50. The third-order valence-electron chi connectivity index (χ3n) is 6.87. The Morgan fingerprint density at radius 3 is 2.41 bits per heavy atom. The quantitative estimate of drug-likeness (QED) is 0.721. The van der Waals surface area contributed by atoms with Gasteiger partial charge in [0.05, 0.1) is 11.3 Å². The molecule has 2 aromatic carbocycles. The van der Waals surface area contributed by atoms with Gasteiger partial charge in [0.25, 0.3) is 5.91 Å². The van der Waals surface area contributed by atoms with Crippen LogP contribution in [0.2, 0.25) is 0 Å². The molecular weight excluding hydrogens is 365 g/mol. The van der Waals surface area contributed by atoms with Crippen LogP contribution in [0.15, 0.2) is 48.5 Å².